The zero-order valence-electron chi connectivity index (χ0n) is 11.7. The summed E-state index contributed by atoms with van der Waals surface area (Å²) in [4.78, 5) is 4.75. The Morgan fingerprint density at radius 2 is 2.16 bits per heavy atom. The number of hydrogen-bond donors (Lipinski definition) is 2. The van der Waals surface area contributed by atoms with E-state index in [-0.39, 0.29) is 0 Å². The van der Waals surface area contributed by atoms with E-state index in [4.69, 9.17) is 9.72 Å². The third-order valence-electron chi connectivity index (χ3n) is 4.33. The zero-order chi connectivity index (χ0) is 13.1. The normalized spacial score (nSPS) is 28.3. The molecule has 1 aromatic heterocycles. The molecule has 19 heavy (non-hydrogen) atoms. The van der Waals surface area contributed by atoms with Gasteiger partial charge in [0, 0.05) is 12.0 Å². The minimum absolute atomic E-state index is 0.328. The van der Waals surface area contributed by atoms with Crippen molar-refractivity contribution in [1.82, 2.24) is 20.5 Å². The standard InChI is InChI=1S/C14H24N4O/c1-2-7-15-12-9-19-8-11(12)14-16-13(17-18-14)10-5-3-4-6-10/h10-12,15H,2-9H2,1H3,(H,16,17,18). The smallest absolute Gasteiger partial charge is 0.153 e. The maximum atomic E-state index is 5.61. The van der Waals surface area contributed by atoms with E-state index < -0.39 is 0 Å². The van der Waals surface area contributed by atoms with Crippen LogP contribution in [0.25, 0.3) is 0 Å². The summed E-state index contributed by atoms with van der Waals surface area (Å²) in [6.45, 7) is 4.75. The first kappa shape index (κ1) is 13.1. The van der Waals surface area contributed by atoms with Crippen LogP contribution in [0.15, 0.2) is 0 Å². The molecule has 2 N–H and O–H groups in total. The average Bonchev–Trinajstić information content (AvgIpc) is 3.14. The van der Waals surface area contributed by atoms with Crippen molar-refractivity contribution in [2.75, 3.05) is 19.8 Å². The maximum absolute atomic E-state index is 5.61. The molecule has 2 aliphatic rings. The van der Waals surface area contributed by atoms with E-state index in [0.29, 0.717) is 17.9 Å². The van der Waals surface area contributed by atoms with E-state index in [1.54, 1.807) is 0 Å². The minimum Gasteiger partial charge on any atom is -0.379 e. The van der Waals surface area contributed by atoms with Crippen molar-refractivity contribution < 1.29 is 4.74 Å². The number of aromatic nitrogens is 3. The van der Waals surface area contributed by atoms with E-state index in [9.17, 15) is 0 Å². The summed E-state index contributed by atoms with van der Waals surface area (Å²) in [6.07, 6.45) is 6.28. The summed E-state index contributed by atoms with van der Waals surface area (Å²) in [6, 6.07) is 0.379. The molecule has 0 amide bonds. The molecule has 0 aromatic carbocycles. The first-order chi connectivity index (χ1) is 9.38. The van der Waals surface area contributed by atoms with E-state index in [1.165, 1.54) is 25.7 Å². The van der Waals surface area contributed by atoms with Gasteiger partial charge in [-0.3, -0.25) is 5.10 Å². The fourth-order valence-corrected chi connectivity index (χ4v) is 3.18. The molecule has 2 unspecified atom stereocenters. The number of H-pyrrole nitrogens is 1. The van der Waals surface area contributed by atoms with Gasteiger partial charge >= 0.3 is 0 Å². The van der Waals surface area contributed by atoms with E-state index >= 15 is 0 Å². The Morgan fingerprint density at radius 3 is 2.95 bits per heavy atom. The molecule has 5 nitrogen and oxygen atoms in total. The van der Waals surface area contributed by atoms with Crippen molar-refractivity contribution in [2.24, 2.45) is 0 Å². The van der Waals surface area contributed by atoms with Gasteiger partial charge < -0.3 is 10.1 Å². The van der Waals surface area contributed by atoms with Crippen molar-refractivity contribution in [3.8, 4) is 0 Å². The molecule has 0 bridgehead atoms. The van der Waals surface area contributed by atoms with Gasteiger partial charge in [-0.25, -0.2) is 4.98 Å². The molecule has 1 aliphatic carbocycles. The second-order valence-corrected chi connectivity index (χ2v) is 5.76. The SMILES string of the molecule is CCCNC1COCC1c1nc(C2CCCC2)n[nH]1. The quantitative estimate of drug-likeness (QED) is 0.853. The van der Waals surface area contributed by atoms with Crippen molar-refractivity contribution >= 4 is 0 Å². The minimum atomic E-state index is 0.328. The van der Waals surface area contributed by atoms with Crippen LogP contribution in [0.2, 0.25) is 0 Å². The number of nitrogens with zero attached hydrogens (tertiary/aromatic N) is 2. The molecule has 5 heteroatoms. The topological polar surface area (TPSA) is 62.8 Å². The molecule has 106 valence electrons. The summed E-state index contributed by atoms with van der Waals surface area (Å²) in [5.41, 5.74) is 0. The average molecular weight is 264 g/mol. The Hall–Kier alpha value is -0.940. The van der Waals surface area contributed by atoms with Crippen LogP contribution >= 0.6 is 0 Å². The van der Waals surface area contributed by atoms with Crippen molar-refractivity contribution in [3.05, 3.63) is 11.6 Å². The summed E-state index contributed by atoms with van der Waals surface area (Å²) >= 11 is 0. The molecule has 1 saturated heterocycles. The molecule has 2 heterocycles. The molecule has 0 spiro atoms. The molecule has 1 aliphatic heterocycles. The van der Waals surface area contributed by atoms with Crippen molar-refractivity contribution in [2.45, 2.75) is 56.9 Å². The van der Waals surface area contributed by atoms with Gasteiger partial charge in [-0.1, -0.05) is 19.8 Å². The Kier molecular flexibility index (Phi) is 4.13. The Balaban J connectivity index is 1.67. The first-order valence-corrected chi connectivity index (χ1v) is 7.61. The highest BCUT2D eigenvalue weighted by molar-refractivity contribution is 5.08. The van der Waals surface area contributed by atoms with E-state index in [1.807, 2.05) is 0 Å². The van der Waals surface area contributed by atoms with E-state index in [2.05, 4.69) is 22.4 Å². The van der Waals surface area contributed by atoms with Gasteiger partial charge in [-0.05, 0) is 25.8 Å². The van der Waals surface area contributed by atoms with Crippen LogP contribution in [-0.4, -0.2) is 41.0 Å². The monoisotopic (exact) mass is 264 g/mol. The lowest BCUT2D eigenvalue weighted by Crippen LogP contribution is -2.35. The van der Waals surface area contributed by atoms with Crippen molar-refractivity contribution in [3.63, 3.8) is 0 Å². The molecule has 0 radical (unpaired) electrons. The lowest BCUT2D eigenvalue weighted by molar-refractivity contribution is 0.187. The van der Waals surface area contributed by atoms with Gasteiger partial charge in [-0.15, -0.1) is 0 Å². The molecular formula is C14H24N4O. The van der Waals surface area contributed by atoms with Crippen LogP contribution in [0.3, 0.4) is 0 Å². The number of ether oxygens (including phenoxy) is 1. The molecule has 1 aromatic rings. The number of nitrogens with one attached hydrogen (secondary N) is 2. The number of rotatable bonds is 5. The molecule has 1 saturated carbocycles. The Labute approximate surface area is 114 Å². The fourth-order valence-electron chi connectivity index (χ4n) is 3.18. The largest absolute Gasteiger partial charge is 0.379 e. The highest BCUT2D eigenvalue weighted by Gasteiger charge is 2.32. The molecule has 2 atom stereocenters. The van der Waals surface area contributed by atoms with Crippen LogP contribution in [0.1, 0.15) is 62.5 Å². The highest BCUT2D eigenvalue weighted by atomic mass is 16.5. The molecule has 2 fully saturated rings. The summed E-state index contributed by atoms with van der Waals surface area (Å²) in [5.74, 6) is 2.94. The summed E-state index contributed by atoms with van der Waals surface area (Å²) in [7, 11) is 0. The van der Waals surface area contributed by atoms with Crippen LogP contribution in [0.5, 0.6) is 0 Å². The summed E-state index contributed by atoms with van der Waals surface area (Å²) in [5, 5.41) is 11.1. The second kappa shape index (κ2) is 6.01. The van der Waals surface area contributed by atoms with Gasteiger partial charge in [0.1, 0.15) is 5.82 Å². The van der Waals surface area contributed by atoms with Crippen LogP contribution in [0, 0.1) is 0 Å². The van der Waals surface area contributed by atoms with Gasteiger partial charge in [-0.2, -0.15) is 5.10 Å². The van der Waals surface area contributed by atoms with E-state index in [0.717, 1.165) is 37.8 Å². The van der Waals surface area contributed by atoms with Crippen molar-refractivity contribution in [1.29, 1.82) is 0 Å². The second-order valence-electron chi connectivity index (χ2n) is 5.76. The summed E-state index contributed by atoms with van der Waals surface area (Å²) < 4.78 is 5.61. The van der Waals surface area contributed by atoms with Gasteiger partial charge in [0.25, 0.3) is 0 Å². The van der Waals surface area contributed by atoms with Gasteiger partial charge in [0.05, 0.1) is 19.1 Å². The molecule has 3 rings (SSSR count). The Morgan fingerprint density at radius 1 is 1.32 bits per heavy atom. The lowest BCUT2D eigenvalue weighted by atomic mass is 10.0. The molecular weight excluding hydrogens is 240 g/mol. The van der Waals surface area contributed by atoms with Crippen LogP contribution in [0.4, 0.5) is 0 Å². The highest BCUT2D eigenvalue weighted by Crippen LogP contribution is 2.33. The third-order valence-corrected chi connectivity index (χ3v) is 4.33. The number of aromatic amines is 1. The fraction of sp³-hybridized carbons (Fsp3) is 0.857. The number of hydrogen-bond acceptors (Lipinski definition) is 4. The zero-order valence-corrected chi connectivity index (χ0v) is 11.7. The van der Waals surface area contributed by atoms with Gasteiger partial charge in [0.15, 0.2) is 5.82 Å². The van der Waals surface area contributed by atoms with Crippen LogP contribution < -0.4 is 5.32 Å². The predicted molar refractivity (Wildman–Crippen MR) is 73.2 cm³/mol. The maximum Gasteiger partial charge on any atom is 0.153 e. The Bertz CT molecular complexity index is 400. The first-order valence-electron chi connectivity index (χ1n) is 7.61. The van der Waals surface area contributed by atoms with Gasteiger partial charge in [0.2, 0.25) is 0 Å². The predicted octanol–water partition coefficient (Wildman–Crippen LogP) is 1.94. The lowest BCUT2D eigenvalue weighted by Gasteiger charge is -2.16. The third kappa shape index (κ3) is 2.82. The van der Waals surface area contributed by atoms with Crippen LogP contribution in [-0.2, 0) is 4.74 Å².